The number of rotatable bonds is 6. The first-order valence-electron chi connectivity index (χ1n) is 10.3. The highest BCUT2D eigenvalue weighted by molar-refractivity contribution is 6.23. The molecule has 2 aromatic carbocycles. The average Bonchev–Trinajstić information content (AvgIpc) is 3.41. The summed E-state index contributed by atoms with van der Waals surface area (Å²) >= 11 is 0. The van der Waals surface area contributed by atoms with E-state index in [0.29, 0.717) is 11.6 Å². The number of carbonyl (C=O) groups excluding carboxylic acids is 3. The maximum absolute atomic E-state index is 13.3. The number of hydrogen-bond acceptors (Lipinski definition) is 4. The number of anilines is 1. The van der Waals surface area contributed by atoms with Crippen LogP contribution in [0.2, 0.25) is 0 Å². The van der Waals surface area contributed by atoms with Crippen molar-refractivity contribution >= 4 is 23.4 Å². The van der Waals surface area contributed by atoms with E-state index >= 15 is 0 Å². The van der Waals surface area contributed by atoms with Gasteiger partial charge in [-0.3, -0.25) is 14.4 Å². The molecule has 1 atom stereocenters. The molecule has 2 heterocycles. The Morgan fingerprint density at radius 1 is 1.03 bits per heavy atom. The third-order valence-corrected chi connectivity index (χ3v) is 5.51. The quantitative estimate of drug-likeness (QED) is 0.559. The standard InChI is InChI=1S/C25H24N2O4/c1-17(2)19-10-12-20(13-11-19)27-23(28)15-21(24(27)29)26(16-18-7-4-3-5-8-18)25(30)22-9-6-14-31-22/h3-14,17,21H,15-16H2,1-2H3. The Balaban J connectivity index is 1.64. The predicted molar refractivity (Wildman–Crippen MR) is 116 cm³/mol. The van der Waals surface area contributed by atoms with Gasteiger partial charge < -0.3 is 9.32 Å². The van der Waals surface area contributed by atoms with Gasteiger partial charge in [0.05, 0.1) is 18.4 Å². The minimum atomic E-state index is -0.893. The second kappa shape index (κ2) is 8.60. The van der Waals surface area contributed by atoms with Crippen LogP contribution in [0.15, 0.2) is 77.4 Å². The smallest absolute Gasteiger partial charge is 0.290 e. The minimum Gasteiger partial charge on any atom is -0.459 e. The summed E-state index contributed by atoms with van der Waals surface area (Å²) in [5.41, 5.74) is 2.51. The van der Waals surface area contributed by atoms with Crippen molar-refractivity contribution in [3.8, 4) is 0 Å². The zero-order valence-corrected chi connectivity index (χ0v) is 17.5. The summed E-state index contributed by atoms with van der Waals surface area (Å²) in [6, 6.07) is 19.1. The van der Waals surface area contributed by atoms with E-state index < -0.39 is 17.9 Å². The van der Waals surface area contributed by atoms with Gasteiger partial charge in [0.15, 0.2) is 5.76 Å². The van der Waals surface area contributed by atoms with Gasteiger partial charge in [0.2, 0.25) is 5.91 Å². The Morgan fingerprint density at radius 3 is 2.35 bits per heavy atom. The van der Waals surface area contributed by atoms with Crippen molar-refractivity contribution in [3.63, 3.8) is 0 Å². The van der Waals surface area contributed by atoms with Crippen LogP contribution >= 0.6 is 0 Å². The molecule has 4 rings (SSSR count). The minimum absolute atomic E-state index is 0.0654. The first kappa shape index (κ1) is 20.6. The Kier molecular flexibility index (Phi) is 5.71. The molecule has 1 aromatic heterocycles. The van der Waals surface area contributed by atoms with Crippen molar-refractivity contribution < 1.29 is 18.8 Å². The van der Waals surface area contributed by atoms with Crippen molar-refractivity contribution in [1.29, 1.82) is 0 Å². The monoisotopic (exact) mass is 416 g/mol. The molecule has 1 fully saturated rings. The Bertz CT molecular complexity index is 1070. The van der Waals surface area contributed by atoms with Crippen LogP contribution in [0.1, 0.15) is 47.9 Å². The second-order valence-corrected chi connectivity index (χ2v) is 7.93. The van der Waals surface area contributed by atoms with Gasteiger partial charge in [-0.2, -0.15) is 0 Å². The van der Waals surface area contributed by atoms with Gasteiger partial charge in [0.1, 0.15) is 6.04 Å². The Labute approximate surface area is 181 Å². The molecule has 1 saturated heterocycles. The summed E-state index contributed by atoms with van der Waals surface area (Å²) in [6.45, 7) is 4.36. The van der Waals surface area contributed by atoms with Crippen molar-refractivity contribution in [1.82, 2.24) is 4.90 Å². The van der Waals surface area contributed by atoms with Crippen molar-refractivity contribution in [2.45, 2.75) is 38.8 Å². The lowest BCUT2D eigenvalue weighted by Gasteiger charge is -2.27. The molecular weight excluding hydrogens is 392 g/mol. The van der Waals surface area contributed by atoms with Crippen molar-refractivity contribution in [3.05, 3.63) is 89.9 Å². The fourth-order valence-corrected chi connectivity index (χ4v) is 3.78. The van der Waals surface area contributed by atoms with E-state index in [2.05, 4.69) is 13.8 Å². The number of hydrogen-bond donors (Lipinski definition) is 0. The zero-order chi connectivity index (χ0) is 22.0. The van der Waals surface area contributed by atoms with Gasteiger partial charge in [0.25, 0.3) is 11.8 Å². The molecule has 0 aliphatic carbocycles. The molecule has 1 aliphatic rings. The molecule has 0 N–H and O–H groups in total. The van der Waals surface area contributed by atoms with Crippen LogP contribution in [0, 0.1) is 0 Å². The van der Waals surface area contributed by atoms with E-state index in [-0.39, 0.29) is 24.6 Å². The van der Waals surface area contributed by atoms with Gasteiger partial charge in [0, 0.05) is 6.54 Å². The zero-order valence-electron chi connectivity index (χ0n) is 17.5. The molecule has 31 heavy (non-hydrogen) atoms. The van der Waals surface area contributed by atoms with E-state index in [0.717, 1.165) is 11.1 Å². The Hall–Kier alpha value is -3.67. The number of carbonyl (C=O) groups is 3. The van der Waals surface area contributed by atoms with Gasteiger partial charge in [-0.15, -0.1) is 0 Å². The van der Waals surface area contributed by atoms with Crippen LogP contribution in [0.25, 0.3) is 0 Å². The third kappa shape index (κ3) is 4.14. The molecule has 6 nitrogen and oxygen atoms in total. The Morgan fingerprint density at radius 2 is 1.74 bits per heavy atom. The topological polar surface area (TPSA) is 70.8 Å². The summed E-state index contributed by atoms with van der Waals surface area (Å²) in [6.07, 6.45) is 1.35. The fourth-order valence-electron chi connectivity index (χ4n) is 3.78. The summed E-state index contributed by atoms with van der Waals surface area (Å²) in [5.74, 6) is -0.664. The largest absolute Gasteiger partial charge is 0.459 e. The first-order chi connectivity index (χ1) is 15.0. The molecule has 6 heteroatoms. The summed E-state index contributed by atoms with van der Waals surface area (Å²) in [5, 5.41) is 0. The second-order valence-electron chi connectivity index (χ2n) is 7.93. The SMILES string of the molecule is CC(C)c1ccc(N2C(=O)CC(N(Cc3ccccc3)C(=O)c3ccco3)C2=O)cc1. The van der Waals surface area contributed by atoms with Crippen molar-refractivity contribution in [2.75, 3.05) is 4.90 Å². The van der Waals surface area contributed by atoms with Gasteiger partial charge >= 0.3 is 0 Å². The molecule has 0 bridgehead atoms. The van der Waals surface area contributed by atoms with Crippen LogP contribution in [0.5, 0.6) is 0 Å². The molecule has 1 unspecified atom stereocenters. The number of amides is 3. The lowest BCUT2D eigenvalue weighted by Crippen LogP contribution is -2.45. The van der Waals surface area contributed by atoms with Crippen molar-refractivity contribution in [2.24, 2.45) is 0 Å². The summed E-state index contributed by atoms with van der Waals surface area (Å²) in [7, 11) is 0. The van der Waals surface area contributed by atoms with Crippen LogP contribution < -0.4 is 4.90 Å². The highest BCUT2D eigenvalue weighted by atomic mass is 16.3. The highest BCUT2D eigenvalue weighted by Crippen LogP contribution is 2.29. The lowest BCUT2D eigenvalue weighted by atomic mass is 10.0. The molecule has 0 saturated carbocycles. The average molecular weight is 416 g/mol. The number of furan rings is 1. The predicted octanol–water partition coefficient (Wildman–Crippen LogP) is 4.38. The van der Waals surface area contributed by atoms with Crippen LogP contribution in [-0.2, 0) is 16.1 Å². The summed E-state index contributed by atoms with van der Waals surface area (Å²) in [4.78, 5) is 41.9. The summed E-state index contributed by atoms with van der Waals surface area (Å²) < 4.78 is 5.28. The molecule has 3 amide bonds. The van der Waals surface area contributed by atoms with Gasteiger partial charge in [-0.25, -0.2) is 4.90 Å². The van der Waals surface area contributed by atoms with E-state index in [4.69, 9.17) is 4.42 Å². The molecule has 1 aliphatic heterocycles. The van der Waals surface area contributed by atoms with Gasteiger partial charge in [-0.1, -0.05) is 56.3 Å². The normalized spacial score (nSPS) is 16.2. The highest BCUT2D eigenvalue weighted by Gasteiger charge is 2.45. The molecule has 0 spiro atoms. The molecular formula is C25H24N2O4. The van der Waals surface area contributed by atoms with E-state index in [1.807, 2.05) is 42.5 Å². The fraction of sp³-hybridized carbons (Fsp3) is 0.240. The molecule has 0 radical (unpaired) electrons. The first-order valence-corrected chi connectivity index (χ1v) is 10.3. The lowest BCUT2D eigenvalue weighted by molar-refractivity contribution is -0.122. The number of benzene rings is 2. The number of imide groups is 1. The van der Waals surface area contributed by atoms with Crippen LogP contribution in [-0.4, -0.2) is 28.7 Å². The van der Waals surface area contributed by atoms with Crippen LogP contribution in [0.3, 0.4) is 0 Å². The van der Waals surface area contributed by atoms with E-state index in [1.165, 1.54) is 16.1 Å². The maximum Gasteiger partial charge on any atom is 0.290 e. The van der Waals surface area contributed by atoms with Crippen LogP contribution in [0.4, 0.5) is 5.69 Å². The van der Waals surface area contributed by atoms with Gasteiger partial charge in [-0.05, 0) is 41.3 Å². The molecule has 158 valence electrons. The molecule has 3 aromatic rings. The number of nitrogens with zero attached hydrogens (tertiary/aromatic N) is 2. The third-order valence-electron chi connectivity index (χ3n) is 5.51. The van der Waals surface area contributed by atoms with E-state index in [1.54, 1.807) is 24.3 Å². The van der Waals surface area contributed by atoms with E-state index in [9.17, 15) is 14.4 Å². The maximum atomic E-state index is 13.3.